The van der Waals surface area contributed by atoms with Crippen LogP contribution in [0.1, 0.15) is 51.1 Å². The number of ketones is 1. The van der Waals surface area contributed by atoms with E-state index in [-0.39, 0.29) is 29.8 Å². The van der Waals surface area contributed by atoms with Gasteiger partial charge in [0.25, 0.3) is 0 Å². The summed E-state index contributed by atoms with van der Waals surface area (Å²) in [6.45, 7) is 3.70. The summed E-state index contributed by atoms with van der Waals surface area (Å²) in [5, 5.41) is 5.50. The number of hydrogen-bond acceptors (Lipinski definition) is 2. The molecule has 0 heterocycles. The molecule has 0 radical (unpaired) electrons. The highest BCUT2D eigenvalue weighted by Gasteiger charge is 2.28. The summed E-state index contributed by atoms with van der Waals surface area (Å²) in [6, 6.07) is 14.5. The molecular weight excluding hydrogens is 324 g/mol. The number of nitrogens with zero attached hydrogens (tertiary/aromatic N) is 1. The minimum absolute atomic E-state index is 0.0447. The predicted octanol–water partition coefficient (Wildman–Crippen LogP) is 4.69. The second-order valence-electron chi connectivity index (χ2n) is 7.47. The van der Waals surface area contributed by atoms with Crippen molar-refractivity contribution in [3.05, 3.63) is 48.0 Å². The number of nitrogens with one attached hydrogen (secondary N) is 1. The van der Waals surface area contributed by atoms with Gasteiger partial charge in [0.1, 0.15) is 5.78 Å². The minimum atomic E-state index is -0.0652. The van der Waals surface area contributed by atoms with Crippen molar-refractivity contribution in [2.75, 3.05) is 7.05 Å². The highest BCUT2D eigenvalue weighted by atomic mass is 16.2. The van der Waals surface area contributed by atoms with Gasteiger partial charge in [0, 0.05) is 19.0 Å². The van der Waals surface area contributed by atoms with Crippen LogP contribution in [0, 0.1) is 5.92 Å². The molecule has 1 unspecified atom stereocenters. The second-order valence-corrected chi connectivity index (χ2v) is 7.47. The number of hydrogen-bond donors (Lipinski definition) is 1. The Labute approximate surface area is 155 Å². The first-order chi connectivity index (χ1) is 12.5. The standard InChI is InChI=1S/C22H28N2O2/c1-15(20-10-6-8-18-7-4-5-9-21(18)20)23-22(26)24(3)19-13-11-17(12-14-19)16(2)25/h4-10,15,17,19H,11-14H2,1-3H3,(H,23,26). The molecule has 1 fully saturated rings. The van der Waals surface area contributed by atoms with Crippen molar-refractivity contribution in [3.8, 4) is 0 Å². The fourth-order valence-corrected chi connectivity index (χ4v) is 4.03. The first-order valence-corrected chi connectivity index (χ1v) is 9.49. The van der Waals surface area contributed by atoms with Crippen LogP contribution in [0.2, 0.25) is 0 Å². The number of rotatable bonds is 4. The van der Waals surface area contributed by atoms with Crippen LogP contribution in [-0.2, 0) is 4.79 Å². The van der Waals surface area contributed by atoms with Gasteiger partial charge in [0.05, 0.1) is 6.04 Å². The lowest BCUT2D eigenvalue weighted by Crippen LogP contribution is -2.46. The van der Waals surface area contributed by atoms with Crippen LogP contribution in [0.4, 0.5) is 4.79 Å². The van der Waals surface area contributed by atoms with Gasteiger partial charge in [0.15, 0.2) is 0 Å². The highest BCUT2D eigenvalue weighted by molar-refractivity contribution is 5.86. The smallest absolute Gasteiger partial charge is 0.317 e. The zero-order chi connectivity index (χ0) is 18.7. The van der Waals surface area contributed by atoms with Crippen molar-refractivity contribution in [2.45, 2.75) is 51.6 Å². The van der Waals surface area contributed by atoms with Gasteiger partial charge in [-0.2, -0.15) is 0 Å². The summed E-state index contributed by atoms with van der Waals surface area (Å²) in [4.78, 5) is 26.1. The Hall–Kier alpha value is -2.36. The lowest BCUT2D eigenvalue weighted by Gasteiger charge is -2.34. The maximum Gasteiger partial charge on any atom is 0.317 e. The molecule has 0 spiro atoms. The third-order valence-corrected chi connectivity index (χ3v) is 5.77. The van der Waals surface area contributed by atoms with Crippen LogP contribution in [0.25, 0.3) is 10.8 Å². The molecule has 3 rings (SSSR count). The van der Waals surface area contributed by atoms with Gasteiger partial charge in [0.2, 0.25) is 0 Å². The molecule has 1 aliphatic carbocycles. The fourth-order valence-electron chi connectivity index (χ4n) is 4.03. The van der Waals surface area contributed by atoms with E-state index in [9.17, 15) is 9.59 Å². The van der Waals surface area contributed by atoms with E-state index < -0.39 is 0 Å². The normalized spacial score (nSPS) is 21.2. The topological polar surface area (TPSA) is 49.4 Å². The van der Waals surface area contributed by atoms with E-state index in [1.807, 2.05) is 37.1 Å². The third-order valence-electron chi connectivity index (χ3n) is 5.77. The lowest BCUT2D eigenvalue weighted by atomic mass is 9.83. The van der Waals surface area contributed by atoms with Crippen LogP contribution in [0.15, 0.2) is 42.5 Å². The van der Waals surface area contributed by atoms with Crippen LogP contribution >= 0.6 is 0 Å². The molecule has 2 amide bonds. The lowest BCUT2D eigenvalue weighted by molar-refractivity contribution is -0.121. The van der Waals surface area contributed by atoms with Gasteiger partial charge >= 0.3 is 6.03 Å². The van der Waals surface area contributed by atoms with Crippen LogP contribution < -0.4 is 5.32 Å². The van der Waals surface area contributed by atoms with E-state index >= 15 is 0 Å². The number of benzene rings is 2. The van der Waals surface area contributed by atoms with Gasteiger partial charge < -0.3 is 10.2 Å². The maximum absolute atomic E-state index is 12.7. The predicted molar refractivity (Wildman–Crippen MR) is 105 cm³/mol. The first-order valence-electron chi connectivity index (χ1n) is 9.49. The molecule has 4 nitrogen and oxygen atoms in total. The SMILES string of the molecule is CC(=O)C1CCC(N(C)C(=O)NC(C)c2cccc3ccccc23)CC1. The molecule has 4 heteroatoms. The van der Waals surface area contributed by atoms with Crippen molar-refractivity contribution in [3.63, 3.8) is 0 Å². The average molecular weight is 352 g/mol. The third kappa shape index (κ3) is 3.90. The molecular formula is C22H28N2O2. The summed E-state index contributed by atoms with van der Waals surface area (Å²) >= 11 is 0. The Morgan fingerprint density at radius 1 is 1.04 bits per heavy atom. The molecule has 138 valence electrons. The molecule has 0 saturated heterocycles. The summed E-state index contributed by atoms with van der Waals surface area (Å²) < 4.78 is 0. The second kappa shape index (κ2) is 7.90. The number of carbonyl (C=O) groups is 2. The zero-order valence-electron chi connectivity index (χ0n) is 15.9. The van der Waals surface area contributed by atoms with E-state index in [1.165, 1.54) is 10.8 Å². The van der Waals surface area contributed by atoms with E-state index in [2.05, 4.69) is 29.6 Å². The molecule has 0 bridgehead atoms. The monoisotopic (exact) mass is 352 g/mol. The maximum atomic E-state index is 12.7. The minimum Gasteiger partial charge on any atom is -0.331 e. The van der Waals surface area contributed by atoms with E-state index in [4.69, 9.17) is 0 Å². The van der Waals surface area contributed by atoms with Crippen molar-refractivity contribution in [1.82, 2.24) is 10.2 Å². The molecule has 2 aromatic carbocycles. The van der Waals surface area contributed by atoms with Crippen LogP contribution in [0.3, 0.4) is 0 Å². The molecule has 0 aromatic heterocycles. The Bertz CT molecular complexity index is 788. The van der Waals surface area contributed by atoms with Gasteiger partial charge in [-0.15, -0.1) is 0 Å². The van der Waals surface area contributed by atoms with Crippen LogP contribution in [0.5, 0.6) is 0 Å². The van der Waals surface area contributed by atoms with E-state index in [0.717, 1.165) is 31.2 Å². The van der Waals surface area contributed by atoms with Gasteiger partial charge in [-0.05, 0) is 55.9 Å². The molecule has 1 N–H and O–H groups in total. The molecule has 0 aliphatic heterocycles. The Kier molecular flexibility index (Phi) is 5.60. The zero-order valence-corrected chi connectivity index (χ0v) is 15.9. The highest BCUT2D eigenvalue weighted by Crippen LogP contribution is 2.28. The Morgan fingerprint density at radius 2 is 1.69 bits per heavy atom. The first kappa shape index (κ1) is 18.4. The largest absolute Gasteiger partial charge is 0.331 e. The van der Waals surface area contributed by atoms with Crippen LogP contribution in [-0.4, -0.2) is 29.8 Å². The molecule has 2 aromatic rings. The molecule has 26 heavy (non-hydrogen) atoms. The average Bonchev–Trinajstić information content (AvgIpc) is 2.66. The molecule has 1 saturated carbocycles. The van der Waals surface area contributed by atoms with Crippen molar-refractivity contribution >= 4 is 22.6 Å². The van der Waals surface area contributed by atoms with Crippen molar-refractivity contribution < 1.29 is 9.59 Å². The van der Waals surface area contributed by atoms with E-state index in [1.54, 1.807) is 6.92 Å². The van der Waals surface area contributed by atoms with Crippen molar-refractivity contribution in [2.24, 2.45) is 5.92 Å². The quantitative estimate of drug-likeness (QED) is 0.868. The van der Waals surface area contributed by atoms with Gasteiger partial charge in [-0.1, -0.05) is 42.5 Å². The number of fused-ring (bicyclic) bond motifs is 1. The summed E-state index contributed by atoms with van der Waals surface area (Å²) in [6.07, 6.45) is 3.57. The summed E-state index contributed by atoms with van der Waals surface area (Å²) in [5.74, 6) is 0.456. The van der Waals surface area contributed by atoms with Gasteiger partial charge in [-0.25, -0.2) is 4.79 Å². The Morgan fingerprint density at radius 3 is 2.38 bits per heavy atom. The number of Topliss-reactive ketones (excluding diaryl/α,β-unsaturated/α-hetero) is 1. The summed E-state index contributed by atoms with van der Waals surface area (Å²) in [5.41, 5.74) is 1.13. The summed E-state index contributed by atoms with van der Waals surface area (Å²) in [7, 11) is 1.86. The van der Waals surface area contributed by atoms with E-state index in [0.29, 0.717) is 0 Å². The number of urea groups is 1. The number of amides is 2. The Balaban J connectivity index is 1.64. The molecule has 1 atom stereocenters. The van der Waals surface area contributed by atoms with Gasteiger partial charge in [-0.3, -0.25) is 4.79 Å². The number of carbonyl (C=O) groups excluding carboxylic acids is 2. The fraction of sp³-hybridized carbons (Fsp3) is 0.455. The molecule has 1 aliphatic rings. The van der Waals surface area contributed by atoms with Crippen molar-refractivity contribution in [1.29, 1.82) is 0 Å².